The molecule has 1 amide bonds. The molecule has 1 fully saturated rings. The van der Waals surface area contributed by atoms with Gasteiger partial charge >= 0.3 is 0 Å². The molecule has 11 nitrogen and oxygen atoms in total. The summed E-state index contributed by atoms with van der Waals surface area (Å²) in [6.45, 7) is 4.59. The number of aromatic nitrogens is 6. The molecule has 1 aliphatic rings. The molecule has 5 heterocycles. The molecule has 35 heavy (non-hydrogen) atoms. The van der Waals surface area contributed by atoms with Crippen LogP contribution in [0.1, 0.15) is 26.3 Å². The average molecular weight is 480 g/mol. The molecule has 1 saturated heterocycles. The maximum absolute atomic E-state index is 13.2. The highest BCUT2D eigenvalue weighted by Crippen LogP contribution is 2.28. The lowest BCUT2D eigenvalue weighted by molar-refractivity contribution is -0.117. The van der Waals surface area contributed by atoms with Gasteiger partial charge in [0.1, 0.15) is 17.4 Å². The summed E-state index contributed by atoms with van der Waals surface area (Å²) >= 11 is 0. The Morgan fingerprint density at radius 2 is 2.11 bits per heavy atom. The molecule has 0 spiro atoms. The average Bonchev–Trinajstić information content (AvgIpc) is 3.59. The maximum atomic E-state index is 13.2. The van der Waals surface area contributed by atoms with E-state index >= 15 is 0 Å². The second kappa shape index (κ2) is 9.29. The Morgan fingerprint density at radius 3 is 2.83 bits per heavy atom. The number of pyridine rings is 1. The number of imidazole rings is 1. The zero-order chi connectivity index (χ0) is 24.5. The highest BCUT2D eigenvalue weighted by atomic mass is 19.1. The zero-order valence-electron chi connectivity index (χ0n) is 19.6. The van der Waals surface area contributed by atoms with Crippen LogP contribution in [0.2, 0.25) is 0 Å². The second-order valence-electron chi connectivity index (χ2n) is 8.64. The van der Waals surface area contributed by atoms with Gasteiger partial charge in [0.25, 0.3) is 0 Å². The monoisotopic (exact) mass is 479 g/mol. The van der Waals surface area contributed by atoms with E-state index in [0.717, 1.165) is 5.52 Å². The number of nitrogens with zero attached hydrogens (tertiary/aromatic N) is 7. The predicted octanol–water partition coefficient (Wildman–Crippen LogP) is 3.02. The lowest BCUT2D eigenvalue weighted by Crippen LogP contribution is -2.41. The van der Waals surface area contributed by atoms with E-state index in [9.17, 15) is 9.18 Å². The quantitative estimate of drug-likeness (QED) is 0.389. The van der Waals surface area contributed by atoms with Gasteiger partial charge < -0.3 is 24.8 Å². The topological polar surface area (TPSA) is 114 Å². The van der Waals surface area contributed by atoms with Gasteiger partial charge in [0.2, 0.25) is 17.8 Å². The molecule has 182 valence electrons. The minimum atomic E-state index is -0.614. The molecule has 0 radical (unpaired) electrons. The smallest absolute Gasteiger partial charge is 0.247 e. The minimum Gasteiger partial charge on any atom is -0.380 e. The highest BCUT2D eigenvalue weighted by Gasteiger charge is 2.39. The van der Waals surface area contributed by atoms with Crippen molar-refractivity contribution in [3.05, 3.63) is 55.1 Å². The van der Waals surface area contributed by atoms with Crippen LogP contribution in [0.3, 0.4) is 0 Å². The molecular weight excluding hydrogens is 453 g/mol. The fraction of sp³-hybridized carbons (Fsp3) is 0.348. The summed E-state index contributed by atoms with van der Waals surface area (Å²) in [5.41, 5.74) is 1.18. The summed E-state index contributed by atoms with van der Waals surface area (Å²) in [6.07, 6.45) is 7.04. The van der Waals surface area contributed by atoms with Crippen molar-refractivity contribution in [2.75, 3.05) is 29.2 Å². The van der Waals surface area contributed by atoms with E-state index < -0.39 is 12.0 Å². The molecular formula is C23H26FN9O2. The fourth-order valence-corrected chi connectivity index (χ4v) is 4.05. The molecule has 0 saturated carbocycles. The third-order valence-electron chi connectivity index (χ3n) is 5.97. The van der Waals surface area contributed by atoms with E-state index in [2.05, 4.69) is 39.5 Å². The van der Waals surface area contributed by atoms with Gasteiger partial charge in [0.15, 0.2) is 5.82 Å². The van der Waals surface area contributed by atoms with E-state index in [4.69, 9.17) is 9.72 Å². The Balaban J connectivity index is 1.45. The summed E-state index contributed by atoms with van der Waals surface area (Å²) in [7, 11) is 1.61. The Morgan fingerprint density at radius 1 is 1.26 bits per heavy atom. The molecule has 0 unspecified atom stereocenters. The second-order valence-corrected chi connectivity index (χ2v) is 8.64. The number of rotatable bonds is 7. The van der Waals surface area contributed by atoms with Gasteiger partial charge in [0.05, 0.1) is 24.3 Å². The van der Waals surface area contributed by atoms with E-state index in [1.54, 1.807) is 18.0 Å². The number of carbonyl (C=O) groups is 1. The van der Waals surface area contributed by atoms with E-state index in [1.165, 1.54) is 18.3 Å². The summed E-state index contributed by atoms with van der Waals surface area (Å²) in [4.78, 5) is 27.8. The lowest BCUT2D eigenvalue weighted by atomic mass is 10.2. The molecule has 4 aromatic rings. The first-order chi connectivity index (χ1) is 16.9. The molecule has 0 bridgehead atoms. The molecule has 4 aromatic heterocycles. The number of halogens is 1. The predicted molar refractivity (Wildman–Crippen MR) is 128 cm³/mol. The molecule has 12 heteroatoms. The Bertz CT molecular complexity index is 1330. The minimum absolute atomic E-state index is 0.181. The van der Waals surface area contributed by atoms with Gasteiger partial charge in [-0.05, 0) is 38.1 Å². The van der Waals surface area contributed by atoms with Crippen molar-refractivity contribution in [3.63, 3.8) is 0 Å². The first-order valence-corrected chi connectivity index (χ1v) is 11.3. The van der Waals surface area contributed by atoms with Crippen molar-refractivity contribution in [1.29, 1.82) is 0 Å². The van der Waals surface area contributed by atoms with Crippen molar-refractivity contribution in [2.24, 2.45) is 0 Å². The standard InChI is InChI=1S/C23H26FN9O2/c1-14(2)31-12-20(26-13-31)28-21-17-5-4-8-33(17)30-23(29-21)32-11-16(35-3)9-18(32)22(34)27-15-6-7-19(24)25-10-15/h4-8,10,12-14,16,18H,9,11H2,1-3H3,(H,27,34)(H,28,29,30)/t16-,18-/m0/s1. The van der Waals surface area contributed by atoms with Crippen LogP contribution in [-0.2, 0) is 9.53 Å². The third kappa shape index (κ3) is 4.64. The number of carbonyl (C=O) groups excluding carboxylic acids is 1. The summed E-state index contributed by atoms with van der Waals surface area (Å²) in [5, 5.41) is 10.7. The van der Waals surface area contributed by atoms with Crippen LogP contribution in [0.5, 0.6) is 0 Å². The molecule has 0 aliphatic carbocycles. The van der Waals surface area contributed by atoms with Crippen LogP contribution in [-0.4, -0.2) is 60.8 Å². The largest absolute Gasteiger partial charge is 0.380 e. The van der Waals surface area contributed by atoms with Gasteiger partial charge in [-0.2, -0.15) is 9.37 Å². The van der Waals surface area contributed by atoms with Crippen molar-refractivity contribution >= 4 is 34.7 Å². The summed E-state index contributed by atoms with van der Waals surface area (Å²) in [6, 6.07) is 6.12. The van der Waals surface area contributed by atoms with Gasteiger partial charge in [-0.3, -0.25) is 4.79 Å². The number of fused-ring (bicyclic) bond motifs is 1. The SMILES string of the molecule is CO[C@H]1C[C@@H](C(=O)Nc2ccc(F)nc2)N(c2nc(Nc3cn(C(C)C)cn3)c3cccn3n2)C1. The summed E-state index contributed by atoms with van der Waals surface area (Å²) in [5.74, 6) is 0.699. The third-order valence-corrected chi connectivity index (χ3v) is 5.97. The maximum Gasteiger partial charge on any atom is 0.247 e. The highest BCUT2D eigenvalue weighted by molar-refractivity contribution is 5.97. The van der Waals surface area contributed by atoms with E-state index in [0.29, 0.717) is 36.2 Å². The number of anilines is 4. The molecule has 2 atom stereocenters. The van der Waals surface area contributed by atoms with Crippen molar-refractivity contribution in [1.82, 2.24) is 29.1 Å². The van der Waals surface area contributed by atoms with Gasteiger partial charge in [-0.1, -0.05) is 0 Å². The first kappa shape index (κ1) is 22.7. The normalized spacial score (nSPS) is 17.9. The number of ether oxygens (including phenoxy) is 1. The summed E-state index contributed by atoms with van der Waals surface area (Å²) < 4.78 is 22.4. The number of methoxy groups -OCH3 is 1. The van der Waals surface area contributed by atoms with Crippen LogP contribution in [0.15, 0.2) is 49.2 Å². The number of amides is 1. The van der Waals surface area contributed by atoms with Crippen LogP contribution in [0.4, 0.5) is 27.7 Å². The zero-order valence-corrected chi connectivity index (χ0v) is 19.6. The molecule has 5 rings (SSSR count). The fourth-order valence-electron chi connectivity index (χ4n) is 4.05. The van der Waals surface area contributed by atoms with Crippen molar-refractivity contribution < 1.29 is 13.9 Å². The van der Waals surface area contributed by atoms with E-state index in [-0.39, 0.29) is 18.1 Å². The van der Waals surface area contributed by atoms with Gasteiger partial charge in [0, 0.05) is 38.5 Å². The van der Waals surface area contributed by atoms with Crippen LogP contribution >= 0.6 is 0 Å². The number of hydrogen-bond acceptors (Lipinski definition) is 8. The number of hydrogen-bond donors (Lipinski definition) is 2. The van der Waals surface area contributed by atoms with Gasteiger partial charge in [-0.25, -0.2) is 14.5 Å². The Hall–Kier alpha value is -4.06. The van der Waals surface area contributed by atoms with Gasteiger partial charge in [-0.15, -0.1) is 5.10 Å². The van der Waals surface area contributed by atoms with Crippen LogP contribution in [0.25, 0.3) is 5.52 Å². The van der Waals surface area contributed by atoms with Crippen LogP contribution in [0, 0.1) is 5.95 Å². The van der Waals surface area contributed by atoms with E-state index in [1.807, 2.05) is 34.0 Å². The lowest BCUT2D eigenvalue weighted by Gasteiger charge is -2.24. The van der Waals surface area contributed by atoms with Crippen LogP contribution < -0.4 is 15.5 Å². The Labute approximate surface area is 201 Å². The molecule has 2 N–H and O–H groups in total. The van der Waals surface area contributed by atoms with Crippen molar-refractivity contribution in [2.45, 2.75) is 38.5 Å². The van der Waals surface area contributed by atoms with Crippen molar-refractivity contribution in [3.8, 4) is 0 Å². The first-order valence-electron chi connectivity index (χ1n) is 11.3. The number of nitrogens with one attached hydrogen (secondary N) is 2. The Kier molecular flexibility index (Phi) is 6.03. The molecule has 1 aliphatic heterocycles. The molecule has 0 aromatic carbocycles.